The van der Waals surface area contributed by atoms with Gasteiger partial charge in [-0.2, -0.15) is 10.1 Å². The number of carbonyl (C=O) groups excluding carboxylic acids is 1. The summed E-state index contributed by atoms with van der Waals surface area (Å²) in [5, 5.41) is 8.65. The highest BCUT2D eigenvalue weighted by molar-refractivity contribution is 6.30. The summed E-state index contributed by atoms with van der Waals surface area (Å²) in [6, 6.07) is 10.9. The van der Waals surface area contributed by atoms with Crippen LogP contribution < -0.4 is 19.5 Å². The fourth-order valence-electron chi connectivity index (χ4n) is 4.86. The van der Waals surface area contributed by atoms with Crippen molar-refractivity contribution in [2.45, 2.75) is 31.7 Å². The van der Waals surface area contributed by atoms with E-state index >= 15 is 0 Å². The molecule has 1 aliphatic carbocycles. The summed E-state index contributed by atoms with van der Waals surface area (Å²) in [7, 11) is 4.70. The number of methoxy groups -OCH3 is 3. The third-order valence-electron chi connectivity index (χ3n) is 6.37. The lowest BCUT2D eigenvalue weighted by molar-refractivity contribution is -0.116. The van der Waals surface area contributed by atoms with Crippen LogP contribution in [0.2, 0.25) is 5.02 Å². The second-order valence-electron chi connectivity index (χ2n) is 8.39. The number of ketones is 1. The number of hydrogen-bond acceptors (Lipinski definition) is 7. The minimum absolute atomic E-state index is 0.0483. The van der Waals surface area contributed by atoms with E-state index in [0.717, 1.165) is 16.8 Å². The number of anilines is 1. The average Bonchev–Trinajstić information content (AvgIpc) is 3.21. The fraction of sp³-hybridized carbons (Fsp3) is 0.320. The van der Waals surface area contributed by atoms with Crippen LogP contribution in [0.1, 0.15) is 41.8 Å². The second-order valence-corrected chi connectivity index (χ2v) is 8.82. The average molecular weight is 481 g/mol. The van der Waals surface area contributed by atoms with Crippen LogP contribution >= 0.6 is 11.6 Å². The monoisotopic (exact) mass is 480 g/mol. The van der Waals surface area contributed by atoms with E-state index in [1.165, 1.54) is 0 Å². The number of carbonyl (C=O) groups is 1. The number of halogens is 1. The molecular weight excluding hydrogens is 456 g/mol. The van der Waals surface area contributed by atoms with E-state index in [2.05, 4.69) is 15.4 Å². The topological polar surface area (TPSA) is 87.5 Å². The quantitative estimate of drug-likeness (QED) is 0.567. The number of allylic oxidation sites excluding steroid dienone is 2. The molecule has 34 heavy (non-hydrogen) atoms. The molecule has 0 amide bonds. The van der Waals surface area contributed by atoms with Gasteiger partial charge < -0.3 is 19.5 Å². The second kappa shape index (κ2) is 8.68. The van der Waals surface area contributed by atoms with E-state index in [-0.39, 0.29) is 11.7 Å². The Bertz CT molecular complexity index is 1270. The van der Waals surface area contributed by atoms with Crippen molar-refractivity contribution in [3.8, 4) is 17.2 Å². The Labute approximate surface area is 202 Å². The highest BCUT2D eigenvalue weighted by Gasteiger charge is 2.40. The van der Waals surface area contributed by atoms with E-state index in [4.69, 9.17) is 25.8 Å². The summed E-state index contributed by atoms with van der Waals surface area (Å²) in [5.74, 6) is 2.83. The molecule has 3 aromatic rings. The zero-order chi connectivity index (χ0) is 24.0. The van der Waals surface area contributed by atoms with Gasteiger partial charge >= 0.3 is 0 Å². The van der Waals surface area contributed by atoms with Crippen LogP contribution in [-0.4, -0.2) is 41.9 Å². The molecule has 0 spiro atoms. The van der Waals surface area contributed by atoms with Crippen molar-refractivity contribution < 1.29 is 19.0 Å². The fourth-order valence-corrected chi connectivity index (χ4v) is 4.98. The van der Waals surface area contributed by atoms with Gasteiger partial charge in [0.25, 0.3) is 0 Å². The first-order valence-electron chi connectivity index (χ1n) is 10.9. The zero-order valence-electron chi connectivity index (χ0n) is 19.4. The molecule has 0 unspecified atom stereocenters. The summed E-state index contributed by atoms with van der Waals surface area (Å²) in [4.78, 5) is 18.2. The van der Waals surface area contributed by atoms with Crippen LogP contribution in [-0.2, 0) is 4.79 Å². The van der Waals surface area contributed by atoms with Gasteiger partial charge in [-0.3, -0.25) is 4.79 Å². The molecule has 2 aromatic carbocycles. The maximum absolute atomic E-state index is 13.6. The van der Waals surface area contributed by atoms with Gasteiger partial charge in [0.1, 0.15) is 11.9 Å². The SMILES string of the molecule is COc1cc([C@H]2C3=C(C[C@@H](c4ccc(Cl)cc4)CC3=O)Nc3nc(C)nn32)cc(OC)c1OC. The predicted molar refractivity (Wildman–Crippen MR) is 128 cm³/mol. The lowest BCUT2D eigenvalue weighted by atomic mass is 9.78. The standard InChI is InChI=1S/C25H25ClN4O4/c1-13-27-25-28-18-9-15(14-5-7-17(26)8-6-14)10-19(31)22(18)23(30(25)29-13)16-11-20(32-2)24(34-4)21(12-16)33-3/h5-8,11-12,15,23H,9-10H2,1-4H3,(H,27,28,29)/t15-,23+/m1/s1. The van der Waals surface area contributed by atoms with E-state index in [1.54, 1.807) is 26.0 Å². The van der Waals surface area contributed by atoms with Gasteiger partial charge in [-0.05, 0) is 54.7 Å². The third-order valence-corrected chi connectivity index (χ3v) is 6.62. The molecule has 0 saturated heterocycles. The molecule has 2 aliphatic rings. The van der Waals surface area contributed by atoms with Gasteiger partial charge in [-0.1, -0.05) is 23.7 Å². The Morgan fingerprint density at radius 1 is 1.00 bits per heavy atom. The molecule has 176 valence electrons. The van der Waals surface area contributed by atoms with E-state index < -0.39 is 6.04 Å². The number of aryl methyl sites for hydroxylation is 1. The first-order valence-corrected chi connectivity index (χ1v) is 11.3. The number of benzene rings is 2. The van der Waals surface area contributed by atoms with Crippen LogP contribution in [0.15, 0.2) is 47.7 Å². The van der Waals surface area contributed by atoms with Crippen LogP contribution in [0.4, 0.5) is 5.95 Å². The minimum atomic E-state index is -0.472. The Balaban J connectivity index is 1.64. The highest BCUT2D eigenvalue weighted by Crippen LogP contribution is 2.47. The number of fused-ring (bicyclic) bond motifs is 1. The summed E-state index contributed by atoms with van der Waals surface area (Å²) in [5.41, 5.74) is 3.42. The first kappa shape index (κ1) is 22.3. The minimum Gasteiger partial charge on any atom is -0.493 e. The van der Waals surface area contributed by atoms with E-state index in [1.807, 2.05) is 43.3 Å². The van der Waals surface area contributed by atoms with Crippen LogP contribution in [0.3, 0.4) is 0 Å². The van der Waals surface area contributed by atoms with Crippen molar-refractivity contribution in [1.29, 1.82) is 0 Å². The predicted octanol–water partition coefficient (Wildman–Crippen LogP) is 4.68. The first-order chi connectivity index (χ1) is 16.4. The Morgan fingerprint density at radius 3 is 2.29 bits per heavy atom. The molecule has 0 saturated carbocycles. The van der Waals surface area contributed by atoms with Crippen LogP contribution in [0.25, 0.3) is 0 Å². The van der Waals surface area contributed by atoms with Gasteiger partial charge in [-0.25, -0.2) is 4.68 Å². The largest absolute Gasteiger partial charge is 0.493 e. The molecule has 0 fully saturated rings. The van der Waals surface area contributed by atoms with Gasteiger partial charge in [0.05, 0.1) is 21.3 Å². The molecule has 2 atom stereocenters. The summed E-state index contributed by atoms with van der Waals surface area (Å²) in [6.07, 6.45) is 1.07. The highest BCUT2D eigenvalue weighted by atomic mass is 35.5. The Morgan fingerprint density at radius 2 is 1.68 bits per heavy atom. The van der Waals surface area contributed by atoms with Crippen molar-refractivity contribution in [1.82, 2.24) is 14.8 Å². The number of ether oxygens (including phenoxy) is 3. The Kier molecular flexibility index (Phi) is 5.69. The molecule has 1 aliphatic heterocycles. The van der Waals surface area contributed by atoms with Crippen LogP contribution in [0, 0.1) is 6.92 Å². The van der Waals surface area contributed by atoms with Gasteiger partial charge in [0.15, 0.2) is 17.3 Å². The van der Waals surface area contributed by atoms with E-state index in [0.29, 0.717) is 52.5 Å². The summed E-state index contributed by atoms with van der Waals surface area (Å²) < 4.78 is 18.4. The maximum atomic E-state index is 13.6. The number of hydrogen-bond donors (Lipinski definition) is 1. The molecule has 8 nitrogen and oxygen atoms in total. The van der Waals surface area contributed by atoms with Gasteiger partial charge in [-0.15, -0.1) is 0 Å². The molecule has 5 rings (SSSR count). The molecule has 0 bridgehead atoms. The molecular formula is C25H25ClN4O4. The smallest absolute Gasteiger partial charge is 0.226 e. The molecule has 0 radical (unpaired) electrons. The molecule has 1 N–H and O–H groups in total. The Hall–Kier alpha value is -3.52. The van der Waals surface area contributed by atoms with E-state index in [9.17, 15) is 4.79 Å². The molecule has 1 aromatic heterocycles. The lowest BCUT2D eigenvalue weighted by Crippen LogP contribution is -2.33. The van der Waals surface area contributed by atoms with Crippen molar-refractivity contribution in [3.63, 3.8) is 0 Å². The molecule has 2 heterocycles. The number of rotatable bonds is 5. The summed E-state index contributed by atoms with van der Waals surface area (Å²) >= 11 is 6.07. The molecule has 9 heteroatoms. The van der Waals surface area contributed by atoms with Gasteiger partial charge in [0, 0.05) is 22.7 Å². The summed E-state index contributed by atoms with van der Waals surface area (Å²) in [6.45, 7) is 1.83. The van der Waals surface area contributed by atoms with Crippen molar-refractivity contribution >= 4 is 23.3 Å². The van der Waals surface area contributed by atoms with Crippen LogP contribution in [0.5, 0.6) is 17.2 Å². The number of aromatic nitrogens is 3. The number of Topliss-reactive ketones (excluding diaryl/α,β-unsaturated/α-hetero) is 1. The number of nitrogens with zero attached hydrogens (tertiary/aromatic N) is 3. The van der Waals surface area contributed by atoms with Crippen molar-refractivity contribution in [2.75, 3.05) is 26.6 Å². The number of nitrogens with one attached hydrogen (secondary N) is 1. The maximum Gasteiger partial charge on any atom is 0.226 e. The third kappa shape index (κ3) is 3.68. The normalized spacial score (nSPS) is 19.3. The lowest BCUT2D eigenvalue weighted by Gasteiger charge is -2.35. The van der Waals surface area contributed by atoms with Crippen molar-refractivity contribution in [2.24, 2.45) is 0 Å². The van der Waals surface area contributed by atoms with Gasteiger partial charge in [0.2, 0.25) is 11.7 Å². The van der Waals surface area contributed by atoms with Crippen molar-refractivity contribution in [3.05, 3.63) is 69.6 Å². The zero-order valence-corrected chi connectivity index (χ0v) is 20.1.